The first-order valence-electron chi connectivity index (χ1n) is 20.2. The number of hydrogen-bond acceptors (Lipinski definition) is 3. The summed E-state index contributed by atoms with van der Waals surface area (Å²) in [5, 5.41) is 5.87. The molecule has 0 unspecified atom stereocenters. The van der Waals surface area contributed by atoms with Crippen molar-refractivity contribution in [3.05, 3.63) is 222 Å². The summed E-state index contributed by atoms with van der Waals surface area (Å²) in [6.45, 7) is 0. The van der Waals surface area contributed by atoms with Gasteiger partial charge < -0.3 is 0 Å². The van der Waals surface area contributed by atoms with E-state index in [2.05, 4.69) is 205 Å². The second-order valence-electron chi connectivity index (χ2n) is 15.7. The van der Waals surface area contributed by atoms with Gasteiger partial charge in [-0.2, -0.15) is 0 Å². The van der Waals surface area contributed by atoms with Crippen LogP contribution in [0.1, 0.15) is 22.3 Å². The summed E-state index contributed by atoms with van der Waals surface area (Å²) in [6.07, 6.45) is 0. The van der Waals surface area contributed by atoms with Crippen LogP contribution in [0.15, 0.2) is 210 Å². The molecule has 0 amide bonds. The molecule has 0 N–H and O–H groups in total. The van der Waals surface area contributed by atoms with Gasteiger partial charge in [0, 0.05) is 31.5 Å². The Morgan fingerprint density at radius 3 is 1.83 bits per heavy atom. The molecule has 13 rings (SSSR count). The van der Waals surface area contributed by atoms with Crippen LogP contribution in [0.25, 0.3) is 82.9 Å². The zero-order valence-electron chi connectivity index (χ0n) is 31.8. The van der Waals surface area contributed by atoms with Crippen molar-refractivity contribution in [2.45, 2.75) is 15.2 Å². The molecule has 0 saturated carbocycles. The fourth-order valence-corrected chi connectivity index (χ4v) is 11.4. The predicted molar refractivity (Wildman–Crippen MR) is 244 cm³/mol. The molecule has 3 nitrogen and oxygen atoms in total. The van der Waals surface area contributed by atoms with Gasteiger partial charge in [0.1, 0.15) is 0 Å². The first kappa shape index (κ1) is 32.8. The molecule has 4 heteroatoms. The maximum absolute atomic E-state index is 5.52. The fourth-order valence-electron chi connectivity index (χ4n) is 10.2. The highest BCUT2D eigenvalue weighted by molar-refractivity contribution is 7.99. The summed E-state index contributed by atoms with van der Waals surface area (Å²) in [4.78, 5) is 13.4. The number of aromatic nitrogens is 3. The van der Waals surface area contributed by atoms with Gasteiger partial charge in [0.2, 0.25) is 5.95 Å². The second kappa shape index (κ2) is 12.4. The Hall–Kier alpha value is -7.27. The van der Waals surface area contributed by atoms with Gasteiger partial charge >= 0.3 is 0 Å². The third-order valence-corrected chi connectivity index (χ3v) is 13.8. The highest BCUT2D eigenvalue weighted by Gasteiger charge is 2.50. The number of rotatable bonds is 3. The zero-order valence-corrected chi connectivity index (χ0v) is 32.6. The fraction of sp³-hybridized carbons (Fsp3) is 0.0182. The van der Waals surface area contributed by atoms with E-state index < -0.39 is 5.41 Å². The highest BCUT2D eigenvalue weighted by Crippen LogP contribution is 2.62. The van der Waals surface area contributed by atoms with E-state index in [1.807, 2.05) is 11.8 Å². The van der Waals surface area contributed by atoms with Crippen LogP contribution in [-0.4, -0.2) is 14.5 Å². The van der Waals surface area contributed by atoms with Gasteiger partial charge in [0.25, 0.3) is 0 Å². The monoisotopic (exact) mass is 767 g/mol. The Bertz CT molecular complexity index is 3480. The molecule has 0 atom stereocenters. The minimum Gasteiger partial charge on any atom is -0.278 e. The van der Waals surface area contributed by atoms with Crippen molar-refractivity contribution < 1.29 is 0 Å². The molecule has 2 aromatic heterocycles. The van der Waals surface area contributed by atoms with Crippen LogP contribution < -0.4 is 0 Å². The molecule has 0 fully saturated rings. The highest BCUT2D eigenvalue weighted by atomic mass is 32.2. The van der Waals surface area contributed by atoms with Crippen molar-refractivity contribution in [1.29, 1.82) is 0 Å². The van der Waals surface area contributed by atoms with Crippen molar-refractivity contribution in [1.82, 2.24) is 14.5 Å². The van der Waals surface area contributed by atoms with Crippen LogP contribution in [0.5, 0.6) is 0 Å². The molecule has 11 aromatic rings. The van der Waals surface area contributed by atoms with Crippen LogP contribution in [0.3, 0.4) is 0 Å². The minimum absolute atomic E-state index is 0.476. The molecule has 0 radical (unpaired) electrons. The van der Waals surface area contributed by atoms with Gasteiger partial charge in [-0.05, 0) is 85.6 Å². The summed E-state index contributed by atoms with van der Waals surface area (Å²) >= 11 is 1.87. The lowest BCUT2D eigenvalue weighted by Gasteiger charge is -2.39. The Morgan fingerprint density at radius 2 is 1.03 bits per heavy atom. The topological polar surface area (TPSA) is 30.7 Å². The number of nitrogens with zero attached hydrogens (tertiary/aromatic N) is 3. The molecule has 1 aliphatic heterocycles. The van der Waals surface area contributed by atoms with Crippen LogP contribution >= 0.6 is 11.8 Å². The summed E-state index contributed by atoms with van der Waals surface area (Å²) in [7, 11) is 0. The smallest absolute Gasteiger partial charge is 0.235 e. The largest absolute Gasteiger partial charge is 0.278 e. The molecule has 0 bridgehead atoms. The van der Waals surface area contributed by atoms with Crippen molar-refractivity contribution in [3.8, 4) is 39.5 Å². The average molecular weight is 768 g/mol. The number of para-hydroxylation sites is 1. The van der Waals surface area contributed by atoms with E-state index in [1.165, 1.54) is 75.8 Å². The van der Waals surface area contributed by atoms with Crippen molar-refractivity contribution >= 4 is 55.2 Å². The molecule has 59 heavy (non-hydrogen) atoms. The summed E-state index contributed by atoms with van der Waals surface area (Å²) in [5.41, 5.74) is 14.9. The number of hydrogen-bond donors (Lipinski definition) is 0. The Morgan fingerprint density at radius 1 is 0.407 bits per heavy atom. The van der Waals surface area contributed by atoms with Crippen molar-refractivity contribution in [3.63, 3.8) is 0 Å². The van der Waals surface area contributed by atoms with Gasteiger partial charge in [0.15, 0.2) is 0 Å². The lowest BCUT2D eigenvalue weighted by atomic mass is 9.67. The molecule has 2 aliphatic rings. The average Bonchev–Trinajstić information content (AvgIpc) is 3.79. The molecule has 9 aromatic carbocycles. The quantitative estimate of drug-likeness (QED) is 0.179. The number of fused-ring (bicyclic) bond motifs is 15. The van der Waals surface area contributed by atoms with E-state index in [0.29, 0.717) is 5.95 Å². The molecule has 274 valence electrons. The van der Waals surface area contributed by atoms with Gasteiger partial charge in [-0.15, -0.1) is 0 Å². The Kier molecular flexibility index (Phi) is 6.87. The van der Waals surface area contributed by atoms with E-state index in [0.717, 1.165) is 33.2 Å². The summed E-state index contributed by atoms with van der Waals surface area (Å²) in [5.74, 6) is 0.661. The Balaban J connectivity index is 1.13. The van der Waals surface area contributed by atoms with Crippen LogP contribution in [-0.2, 0) is 5.41 Å². The van der Waals surface area contributed by atoms with E-state index in [4.69, 9.17) is 9.97 Å². The molecular weight excluding hydrogens is 735 g/mol. The van der Waals surface area contributed by atoms with Crippen LogP contribution in [0.4, 0.5) is 0 Å². The van der Waals surface area contributed by atoms with Crippen LogP contribution in [0, 0.1) is 0 Å². The third-order valence-electron chi connectivity index (χ3n) is 12.7. The summed E-state index contributed by atoms with van der Waals surface area (Å²) < 4.78 is 2.32. The van der Waals surface area contributed by atoms with E-state index in [-0.39, 0.29) is 0 Å². The van der Waals surface area contributed by atoms with Crippen molar-refractivity contribution in [2.24, 2.45) is 0 Å². The zero-order chi connectivity index (χ0) is 38.7. The van der Waals surface area contributed by atoms with E-state index in [9.17, 15) is 0 Å². The Labute approximate surface area is 345 Å². The van der Waals surface area contributed by atoms with Gasteiger partial charge in [-0.1, -0.05) is 182 Å². The van der Waals surface area contributed by atoms with Crippen LogP contribution in [0.2, 0.25) is 0 Å². The first-order chi connectivity index (χ1) is 29.3. The molecular formula is C55H33N3S. The maximum atomic E-state index is 5.52. The molecule has 3 heterocycles. The molecule has 0 saturated heterocycles. The summed E-state index contributed by atoms with van der Waals surface area (Å²) in [6, 6.07) is 73.1. The maximum Gasteiger partial charge on any atom is 0.235 e. The van der Waals surface area contributed by atoms with Gasteiger partial charge in [0.05, 0.1) is 27.7 Å². The first-order valence-corrected chi connectivity index (χ1v) is 21.0. The second-order valence-corrected chi connectivity index (χ2v) is 16.7. The van der Waals surface area contributed by atoms with Gasteiger partial charge in [-0.25, -0.2) is 9.97 Å². The minimum atomic E-state index is -0.476. The van der Waals surface area contributed by atoms with Crippen molar-refractivity contribution in [2.75, 3.05) is 0 Å². The molecule has 1 aliphatic carbocycles. The SMILES string of the molecule is c1ccc(-c2ccc(-c3nc(-n4c5cc6c(cc5c5c7ccccc7ccc54)C4(c5ccccc5S6)c5ccccc5-c5ccccc54)nc4ccccc34)cc2)cc1. The third kappa shape index (κ3) is 4.55. The number of benzene rings is 9. The molecule has 1 spiro atoms. The lowest BCUT2D eigenvalue weighted by Crippen LogP contribution is -2.32. The van der Waals surface area contributed by atoms with E-state index >= 15 is 0 Å². The standard InChI is InChI=1S/C55H33N3S/c1-2-14-34(15-3-1)35-26-28-37(29-27-35)53-41-20-8-12-24-47(41)56-54(57-53)58-48-31-30-36-16-4-5-17-38(36)52(48)42-32-46-51(33-49(42)58)59-50-25-13-11-23-45(50)55(46)43-21-9-6-18-39(43)40-19-7-10-22-44(40)55/h1-33H. The normalized spacial score (nSPS) is 13.5. The van der Waals surface area contributed by atoms with Gasteiger partial charge in [-0.3, -0.25) is 4.57 Å². The predicted octanol–water partition coefficient (Wildman–Crippen LogP) is 14.0. The lowest BCUT2D eigenvalue weighted by molar-refractivity contribution is 0.724. The van der Waals surface area contributed by atoms with E-state index in [1.54, 1.807) is 0 Å².